The van der Waals surface area contributed by atoms with Crippen LogP contribution in [0, 0.1) is 5.41 Å². The van der Waals surface area contributed by atoms with Crippen LogP contribution in [0.5, 0.6) is 0 Å². The maximum absolute atomic E-state index is 12.5. The van der Waals surface area contributed by atoms with E-state index in [1.165, 1.54) is 48.2 Å². The number of primary sulfonamides is 1. The largest absolute Gasteiger partial charge is 0.383 e. The van der Waals surface area contributed by atoms with Crippen molar-refractivity contribution in [2.24, 2.45) is 10.9 Å². The lowest BCUT2D eigenvalue weighted by molar-refractivity contribution is -0.114. The number of carbonyl (C=O) groups is 1. The van der Waals surface area contributed by atoms with Crippen molar-refractivity contribution in [3.63, 3.8) is 0 Å². The summed E-state index contributed by atoms with van der Waals surface area (Å²) in [5, 5.41) is 14.8. The molecule has 0 aliphatic carbocycles. The Morgan fingerprint density at radius 1 is 1.32 bits per heavy atom. The minimum absolute atomic E-state index is 0.00525. The van der Waals surface area contributed by atoms with E-state index in [1.54, 1.807) is 30.4 Å². The average molecular weight is 606 g/mol. The second-order valence-electron chi connectivity index (χ2n) is 6.49. The summed E-state index contributed by atoms with van der Waals surface area (Å²) in [6.07, 6.45) is 7.29. The van der Waals surface area contributed by atoms with Gasteiger partial charge in [0.2, 0.25) is 15.9 Å². The Labute approximate surface area is 218 Å². The number of allylic oxidation sites excluding steroid dienone is 5. The molecular formula is C21H25BrN4O4S4. The second-order valence-corrected chi connectivity index (χ2v) is 12.8. The predicted octanol–water partition coefficient (Wildman–Crippen LogP) is 4.52. The van der Waals surface area contributed by atoms with Crippen LogP contribution in [-0.4, -0.2) is 30.6 Å². The molecular weight excluding hydrogens is 580 g/mol. The van der Waals surface area contributed by atoms with Gasteiger partial charge in [-0.05, 0) is 43.5 Å². The molecule has 0 spiro atoms. The van der Waals surface area contributed by atoms with Crippen LogP contribution >= 0.6 is 39.0 Å². The van der Waals surface area contributed by atoms with Crippen molar-refractivity contribution in [1.82, 2.24) is 0 Å². The summed E-state index contributed by atoms with van der Waals surface area (Å²) in [5.74, 6) is -0.262. The number of carbonyl (C=O) groups excluding carboxylic acids is 1. The van der Waals surface area contributed by atoms with Gasteiger partial charge in [-0.2, -0.15) is 0 Å². The third-order valence-electron chi connectivity index (χ3n) is 3.70. The number of thiophene rings is 1. The van der Waals surface area contributed by atoms with Gasteiger partial charge in [-0.1, -0.05) is 40.7 Å². The number of thioether (sulfide) groups is 1. The zero-order valence-corrected chi connectivity index (χ0v) is 23.5. The normalized spacial score (nSPS) is 12.6. The summed E-state index contributed by atoms with van der Waals surface area (Å²) >= 11 is 6.13. The second kappa shape index (κ2) is 13.8. The first-order valence-corrected chi connectivity index (χ1v) is 14.8. The van der Waals surface area contributed by atoms with E-state index in [2.05, 4.69) is 27.8 Å². The molecule has 0 aliphatic rings. The molecule has 2 aromatic rings. The number of rotatable bonds is 8. The number of hydrogen-bond donors (Lipinski definition) is 4. The summed E-state index contributed by atoms with van der Waals surface area (Å²) < 4.78 is 36.0. The SMILES string of the molecule is C=C(Br)/C=C\C=C(/C)S(=O)c1cc(C(=N)N)sc1SC.CC(=O)Nc1cccc(S(N)(=O)=O)c1. The third kappa shape index (κ3) is 10.1. The Balaban J connectivity index is 0.000000362. The van der Waals surface area contributed by atoms with Crippen molar-refractivity contribution in [3.8, 4) is 0 Å². The number of amides is 1. The number of nitrogen functional groups attached to an aromatic ring is 1. The summed E-state index contributed by atoms with van der Waals surface area (Å²) in [5.41, 5.74) is 5.89. The third-order valence-corrected chi connectivity index (χ3v) is 8.88. The van der Waals surface area contributed by atoms with Crippen molar-refractivity contribution in [1.29, 1.82) is 5.41 Å². The van der Waals surface area contributed by atoms with Crippen LogP contribution in [0.25, 0.3) is 0 Å². The van der Waals surface area contributed by atoms with Gasteiger partial charge in [-0.25, -0.2) is 17.8 Å². The van der Waals surface area contributed by atoms with Crippen LogP contribution in [0.1, 0.15) is 18.7 Å². The molecule has 1 atom stereocenters. The van der Waals surface area contributed by atoms with Gasteiger partial charge in [-0.3, -0.25) is 10.2 Å². The summed E-state index contributed by atoms with van der Waals surface area (Å²) in [4.78, 5) is 12.8. The van der Waals surface area contributed by atoms with Crippen LogP contribution in [0.15, 0.2) is 78.5 Å². The maximum Gasteiger partial charge on any atom is 0.238 e. The highest BCUT2D eigenvalue weighted by molar-refractivity contribution is 9.11. The van der Waals surface area contributed by atoms with Crippen LogP contribution < -0.4 is 16.2 Å². The number of halogens is 1. The Kier molecular flexibility index (Phi) is 12.1. The fourth-order valence-corrected chi connectivity index (χ4v) is 6.29. The van der Waals surface area contributed by atoms with Crippen molar-refractivity contribution in [2.75, 3.05) is 11.6 Å². The first-order chi connectivity index (χ1) is 15.8. The lowest BCUT2D eigenvalue weighted by Gasteiger charge is -2.03. The number of hydrogen-bond acceptors (Lipinski definition) is 7. The van der Waals surface area contributed by atoms with Crippen LogP contribution in [0.3, 0.4) is 0 Å². The van der Waals surface area contributed by atoms with Crippen molar-refractivity contribution in [3.05, 3.63) is 69.4 Å². The maximum atomic E-state index is 12.5. The lowest BCUT2D eigenvalue weighted by Crippen LogP contribution is -2.13. The number of sulfonamides is 1. The Morgan fingerprint density at radius 3 is 2.47 bits per heavy atom. The molecule has 1 aromatic carbocycles. The molecule has 1 heterocycles. The molecule has 0 aliphatic heterocycles. The molecule has 0 bridgehead atoms. The van der Waals surface area contributed by atoms with E-state index in [0.29, 0.717) is 15.5 Å². The molecule has 0 fully saturated rings. The van der Waals surface area contributed by atoms with E-state index >= 15 is 0 Å². The van der Waals surface area contributed by atoms with E-state index in [-0.39, 0.29) is 16.6 Å². The molecule has 6 N–H and O–H groups in total. The Bertz CT molecular complexity index is 1270. The first-order valence-electron chi connectivity index (χ1n) is 9.30. The Morgan fingerprint density at radius 2 is 1.97 bits per heavy atom. The minimum Gasteiger partial charge on any atom is -0.383 e. The molecule has 8 nitrogen and oxygen atoms in total. The molecule has 0 radical (unpaired) electrons. The van der Waals surface area contributed by atoms with Gasteiger partial charge in [0.15, 0.2) is 0 Å². The standard InChI is InChI=1S/C13H15BrN2OS3.C8H10N2O3S/c1-8(14)5-4-6-9(2)20(17)11-7-10(12(15)16)19-13(11)18-3;1-6(11)10-7-3-2-4-8(5-7)14(9,12)13/h4-7H,1H2,2-3H3,(H3,15,16);2-5H,1H3,(H,10,11)(H2,9,12,13)/b5-4-,9-6+;. The number of benzene rings is 1. The molecule has 34 heavy (non-hydrogen) atoms. The Hall–Kier alpha value is -2.03. The number of nitrogens with one attached hydrogen (secondary N) is 2. The van der Waals surface area contributed by atoms with Crippen molar-refractivity contribution < 1.29 is 17.4 Å². The van der Waals surface area contributed by atoms with Gasteiger partial charge in [0, 0.05) is 22.0 Å². The summed E-state index contributed by atoms with van der Waals surface area (Å²) in [6.45, 7) is 6.84. The van der Waals surface area contributed by atoms with Crippen LogP contribution in [-0.2, 0) is 25.6 Å². The van der Waals surface area contributed by atoms with Gasteiger partial charge in [0.1, 0.15) is 5.84 Å². The molecule has 1 amide bonds. The summed E-state index contributed by atoms with van der Waals surface area (Å²) in [6, 6.07) is 7.48. The molecule has 1 unspecified atom stereocenters. The van der Waals surface area contributed by atoms with Gasteiger partial charge in [0.05, 0.1) is 29.7 Å². The molecule has 0 saturated carbocycles. The first kappa shape index (κ1) is 30.0. The van der Waals surface area contributed by atoms with Gasteiger partial charge < -0.3 is 11.1 Å². The minimum atomic E-state index is -3.71. The highest BCUT2D eigenvalue weighted by atomic mass is 79.9. The van der Waals surface area contributed by atoms with Crippen LogP contribution in [0.4, 0.5) is 5.69 Å². The quantitative estimate of drug-likeness (QED) is 0.150. The van der Waals surface area contributed by atoms with Crippen molar-refractivity contribution in [2.45, 2.75) is 27.8 Å². The fraction of sp³-hybridized carbons (Fsp3) is 0.143. The molecule has 1 aromatic heterocycles. The predicted molar refractivity (Wildman–Crippen MR) is 147 cm³/mol. The van der Waals surface area contributed by atoms with Gasteiger partial charge in [-0.15, -0.1) is 23.1 Å². The van der Waals surface area contributed by atoms with Crippen molar-refractivity contribution >= 4 is 77.3 Å². The van der Waals surface area contributed by atoms with Crippen LogP contribution in [0.2, 0.25) is 0 Å². The van der Waals surface area contributed by atoms with Gasteiger partial charge in [0.25, 0.3) is 0 Å². The smallest absolute Gasteiger partial charge is 0.238 e. The van der Waals surface area contributed by atoms with Gasteiger partial charge >= 0.3 is 0 Å². The molecule has 0 saturated heterocycles. The molecule has 13 heteroatoms. The zero-order chi connectivity index (χ0) is 26.1. The van der Waals surface area contributed by atoms with E-state index in [9.17, 15) is 17.4 Å². The molecule has 2 rings (SSSR count). The zero-order valence-electron chi connectivity index (χ0n) is 18.6. The van der Waals surface area contributed by atoms with E-state index < -0.39 is 20.8 Å². The van der Waals surface area contributed by atoms with E-state index in [0.717, 1.165) is 13.6 Å². The highest BCUT2D eigenvalue weighted by Crippen LogP contribution is 2.34. The average Bonchev–Trinajstić information content (AvgIpc) is 3.17. The number of nitrogens with two attached hydrogens (primary N) is 2. The van der Waals surface area contributed by atoms with E-state index in [4.69, 9.17) is 16.3 Å². The topological polar surface area (TPSA) is 156 Å². The fourth-order valence-electron chi connectivity index (χ4n) is 2.24. The monoisotopic (exact) mass is 604 g/mol. The summed E-state index contributed by atoms with van der Waals surface area (Å²) in [7, 11) is -4.96. The number of anilines is 1. The lowest BCUT2D eigenvalue weighted by atomic mass is 10.3. The molecule has 184 valence electrons. The van der Waals surface area contributed by atoms with E-state index in [1.807, 2.05) is 13.2 Å². The highest BCUT2D eigenvalue weighted by Gasteiger charge is 2.16. The number of amidine groups is 1.